The number of nitrogens with one attached hydrogen (secondary N) is 1. The highest BCUT2D eigenvalue weighted by Crippen LogP contribution is 2.14. The van der Waals surface area contributed by atoms with Gasteiger partial charge in [-0.05, 0) is 29.8 Å². The van der Waals surface area contributed by atoms with Crippen LogP contribution in [0, 0.1) is 0 Å². The Hall–Kier alpha value is -2.18. The molecule has 5 nitrogen and oxygen atoms in total. The summed E-state index contributed by atoms with van der Waals surface area (Å²) in [5.74, 6) is 0.338. The molecule has 0 bridgehead atoms. The first-order chi connectivity index (χ1) is 9.63. The number of hydrogen-bond acceptors (Lipinski definition) is 4. The van der Waals surface area contributed by atoms with E-state index in [-0.39, 0.29) is 5.75 Å². The van der Waals surface area contributed by atoms with Gasteiger partial charge in [0, 0.05) is 11.4 Å². The smallest absolute Gasteiger partial charge is 0.417 e. The summed E-state index contributed by atoms with van der Waals surface area (Å²) in [6, 6.07) is 15.2. The monoisotopic (exact) mass is 290 g/mol. The van der Waals surface area contributed by atoms with Crippen molar-refractivity contribution in [2.45, 2.75) is 5.75 Å². The van der Waals surface area contributed by atoms with Gasteiger partial charge in [0.1, 0.15) is 5.75 Å². The molecule has 2 rings (SSSR count). The zero-order valence-corrected chi connectivity index (χ0v) is 11.3. The molecule has 1 unspecified atom stereocenters. The van der Waals surface area contributed by atoms with Crippen molar-refractivity contribution in [1.82, 2.24) is 0 Å². The second-order valence-electron chi connectivity index (χ2n) is 3.98. The Morgan fingerprint density at radius 3 is 2.60 bits per heavy atom. The highest BCUT2D eigenvalue weighted by atomic mass is 32.2. The average Bonchev–Trinajstić information content (AvgIpc) is 2.39. The van der Waals surface area contributed by atoms with Crippen LogP contribution in [0.15, 0.2) is 54.6 Å². The molecule has 0 fully saturated rings. The largest absolute Gasteiger partial charge is 0.772 e. The molecule has 2 aromatic carbocycles. The van der Waals surface area contributed by atoms with Crippen LogP contribution in [0.3, 0.4) is 0 Å². The van der Waals surface area contributed by atoms with Crippen molar-refractivity contribution in [3.05, 3.63) is 60.2 Å². The van der Waals surface area contributed by atoms with Crippen LogP contribution in [0.1, 0.15) is 5.56 Å². The van der Waals surface area contributed by atoms with Crippen molar-refractivity contribution in [1.29, 1.82) is 0 Å². The van der Waals surface area contributed by atoms with Gasteiger partial charge >= 0.3 is 6.09 Å². The average molecular weight is 290 g/mol. The summed E-state index contributed by atoms with van der Waals surface area (Å²) >= 11 is -2.16. The van der Waals surface area contributed by atoms with Crippen LogP contribution in [0.2, 0.25) is 0 Å². The molecule has 0 radical (unpaired) electrons. The number of anilines is 1. The molecule has 1 amide bonds. The lowest BCUT2D eigenvalue weighted by Crippen LogP contribution is -2.16. The lowest BCUT2D eigenvalue weighted by atomic mass is 10.2. The molecular formula is C14H12NO4S-. The maximum atomic E-state index is 11.7. The van der Waals surface area contributed by atoms with Crippen LogP contribution < -0.4 is 10.1 Å². The van der Waals surface area contributed by atoms with E-state index in [9.17, 15) is 13.6 Å². The van der Waals surface area contributed by atoms with Crippen molar-refractivity contribution in [3.63, 3.8) is 0 Å². The van der Waals surface area contributed by atoms with Gasteiger partial charge in [-0.25, -0.2) is 4.79 Å². The van der Waals surface area contributed by atoms with Crippen LogP contribution in [-0.4, -0.2) is 14.9 Å². The van der Waals surface area contributed by atoms with E-state index < -0.39 is 17.2 Å². The van der Waals surface area contributed by atoms with E-state index in [2.05, 4.69) is 5.32 Å². The summed E-state index contributed by atoms with van der Waals surface area (Å²) in [6.45, 7) is 0. The third-order valence-electron chi connectivity index (χ3n) is 2.41. The number of amides is 1. The highest BCUT2D eigenvalue weighted by molar-refractivity contribution is 7.78. The predicted octanol–water partition coefficient (Wildman–Crippen LogP) is 2.68. The van der Waals surface area contributed by atoms with Crippen LogP contribution in [0.25, 0.3) is 0 Å². The Morgan fingerprint density at radius 1 is 1.15 bits per heavy atom. The second kappa shape index (κ2) is 6.83. The number of carbonyl (C=O) groups is 1. The second-order valence-corrected chi connectivity index (χ2v) is 4.87. The molecule has 0 saturated carbocycles. The van der Waals surface area contributed by atoms with Crippen molar-refractivity contribution in [2.75, 3.05) is 5.32 Å². The van der Waals surface area contributed by atoms with Gasteiger partial charge in [-0.2, -0.15) is 0 Å². The van der Waals surface area contributed by atoms with Gasteiger partial charge in [0.15, 0.2) is 0 Å². The molecule has 2 aromatic rings. The summed E-state index contributed by atoms with van der Waals surface area (Å²) in [4.78, 5) is 11.7. The topological polar surface area (TPSA) is 78.5 Å². The Kier molecular flexibility index (Phi) is 4.86. The quantitative estimate of drug-likeness (QED) is 0.878. The molecule has 0 aliphatic rings. The van der Waals surface area contributed by atoms with Gasteiger partial charge in [0.25, 0.3) is 0 Å². The molecule has 1 N–H and O–H groups in total. The number of para-hydroxylation sites is 1. The van der Waals surface area contributed by atoms with Crippen molar-refractivity contribution < 1.29 is 18.3 Å². The van der Waals surface area contributed by atoms with Gasteiger partial charge in [-0.1, -0.05) is 41.4 Å². The first kappa shape index (κ1) is 14.2. The van der Waals surface area contributed by atoms with E-state index in [4.69, 9.17) is 4.74 Å². The van der Waals surface area contributed by atoms with E-state index in [1.165, 1.54) is 0 Å². The molecule has 0 aliphatic carbocycles. The van der Waals surface area contributed by atoms with E-state index >= 15 is 0 Å². The first-order valence-electron chi connectivity index (χ1n) is 5.82. The minimum atomic E-state index is -2.16. The van der Waals surface area contributed by atoms with E-state index in [1.54, 1.807) is 48.5 Å². The molecule has 0 aliphatic heterocycles. The van der Waals surface area contributed by atoms with Gasteiger partial charge in [-0.15, -0.1) is 0 Å². The summed E-state index contributed by atoms with van der Waals surface area (Å²) in [5, 5.41) is 2.54. The number of rotatable bonds is 4. The van der Waals surface area contributed by atoms with Gasteiger partial charge in [0.05, 0.1) is 0 Å². The molecule has 0 spiro atoms. The Balaban J connectivity index is 1.99. The van der Waals surface area contributed by atoms with E-state index in [0.29, 0.717) is 17.0 Å². The Bertz CT molecular complexity index is 616. The van der Waals surface area contributed by atoms with Crippen LogP contribution >= 0.6 is 0 Å². The molecule has 1 atom stereocenters. The third-order valence-corrected chi connectivity index (χ3v) is 2.98. The fourth-order valence-electron chi connectivity index (χ4n) is 1.61. The standard InChI is InChI=1S/C14H13NO4S/c16-14(19-13-7-2-1-3-8-13)15-12-6-4-5-11(9-12)10-20(17)18/h1-9H,10H2,(H,15,16)(H,17,18)/p-1. The summed E-state index contributed by atoms with van der Waals surface area (Å²) < 4.78 is 26.3. The number of ether oxygens (including phenoxy) is 1. The normalized spacial score (nSPS) is 11.7. The number of hydrogen-bond donors (Lipinski definition) is 1. The first-order valence-corrected chi connectivity index (χ1v) is 7.06. The lowest BCUT2D eigenvalue weighted by Gasteiger charge is -2.09. The highest BCUT2D eigenvalue weighted by Gasteiger charge is 2.05. The maximum Gasteiger partial charge on any atom is 0.417 e. The molecule has 6 heteroatoms. The van der Waals surface area contributed by atoms with Crippen LogP contribution in [0.4, 0.5) is 10.5 Å². The van der Waals surface area contributed by atoms with Crippen LogP contribution in [0.5, 0.6) is 5.75 Å². The number of benzene rings is 2. The predicted molar refractivity (Wildman–Crippen MR) is 75.2 cm³/mol. The van der Waals surface area contributed by atoms with E-state index in [1.807, 2.05) is 6.07 Å². The number of carbonyl (C=O) groups excluding carboxylic acids is 1. The molecule has 20 heavy (non-hydrogen) atoms. The fourth-order valence-corrected chi connectivity index (χ4v) is 2.07. The summed E-state index contributed by atoms with van der Waals surface area (Å²) in [6.07, 6.45) is -0.628. The fraction of sp³-hybridized carbons (Fsp3) is 0.0714. The minimum absolute atomic E-state index is 0.0940. The van der Waals surface area contributed by atoms with Crippen LogP contribution in [-0.2, 0) is 16.8 Å². The Morgan fingerprint density at radius 2 is 1.90 bits per heavy atom. The summed E-state index contributed by atoms with van der Waals surface area (Å²) in [7, 11) is 0. The van der Waals surface area contributed by atoms with Crippen molar-refractivity contribution in [2.24, 2.45) is 0 Å². The molecular weight excluding hydrogens is 278 g/mol. The zero-order chi connectivity index (χ0) is 14.4. The molecule has 104 valence electrons. The minimum Gasteiger partial charge on any atom is -0.772 e. The molecule has 0 saturated heterocycles. The summed E-state index contributed by atoms with van der Waals surface area (Å²) in [5.41, 5.74) is 1.07. The molecule has 0 heterocycles. The maximum absolute atomic E-state index is 11.7. The van der Waals surface area contributed by atoms with Gasteiger partial charge < -0.3 is 9.29 Å². The van der Waals surface area contributed by atoms with Gasteiger partial charge in [0.2, 0.25) is 0 Å². The van der Waals surface area contributed by atoms with Gasteiger partial charge in [-0.3, -0.25) is 9.53 Å². The zero-order valence-electron chi connectivity index (χ0n) is 10.4. The lowest BCUT2D eigenvalue weighted by molar-refractivity contribution is 0.215. The van der Waals surface area contributed by atoms with Crippen molar-refractivity contribution in [3.8, 4) is 5.75 Å². The van der Waals surface area contributed by atoms with Crippen molar-refractivity contribution >= 4 is 22.9 Å². The SMILES string of the molecule is O=C(Nc1cccc(CS(=O)[O-])c1)Oc1ccccc1. The third kappa shape index (κ3) is 4.49. The van der Waals surface area contributed by atoms with E-state index in [0.717, 1.165) is 0 Å². The Labute approximate surface area is 118 Å². The molecule has 0 aromatic heterocycles.